The van der Waals surface area contributed by atoms with E-state index in [1.54, 1.807) is 0 Å². The molecule has 0 spiro atoms. The first-order chi connectivity index (χ1) is 10.6. The van der Waals surface area contributed by atoms with Crippen LogP contribution in [0.15, 0.2) is 60.7 Å². The summed E-state index contributed by atoms with van der Waals surface area (Å²) in [4.78, 5) is 4.87. The topological polar surface area (TPSA) is 6.48 Å². The molecule has 0 aromatic heterocycles. The summed E-state index contributed by atoms with van der Waals surface area (Å²) in [6, 6.07) is 22.1. The standard InChI is InChI=1S/C19H25N2P/c1-20(2)13-19(22)14-21(15-19)18(16-9-5-3-6-10-16)17-11-7-4-8-12-17/h3-12,18H,13-15,22H2,1-2H3. The van der Waals surface area contributed by atoms with E-state index in [9.17, 15) is 0 Å². The van der Waals surface area contributed by atoms with Gasteiger partial charge in [0.25, 0.3) is 0 Å². The Balaban J connectivity index is 1.83. The zero-order chi connectivity index (χ0) is 15.6. The van der Waals surface area contributed by atoms with E-state index in [2.05, 4.69) is 93.8 Å². The van der Waals surface area contributed by atoms with Crippen LogP contribution in [0.4, 0.5) is 0 Å². The molecule has 2 aromatic carbocycles. The van der Waals surface area contributed by atoms with Gasteiger partial charge in [-0.2, -0.15) is 0 Å². The van der Waals surface area contributed by atoms with Crippen molar-refractivity contribution in [2.24, 2.45) is 0 Å². The fourth-order valence-corrected chi connectivity index (χ4v) is 4.39. The van der Waals surface area contributed by atoms with Crippen LogP contribution in [0.5, 0.6) is 0 Å². The Labute approximate surface area is 136 Å². The molecule has 0 saturated carbocycles. The Bertz CT molecular complexity index is 552. The number of likely N-dealkylation sites (tertiary alicyclic amines) is 1. The van der Waals surface area contributed by atoms with Crippen LogP contribution in [-0.4, -0.2) is 48.7 Å². The summed E-state index contributed by atoms with van der Waals surface area (Å²) in [6.45, 7) is 3.35. The van der Waals surface area contributed by atoms with Gasteiger partial charge in [0.05, 0.1) is 6.04 Å². The molecule has 2 aromatic rings. The van der Waals surface area contributed by atoms with E-state index in [-0.39, 0.29) is 0 Å². The van der Waals surface area contributed by atoms with Crippen molar-refractivity contribution in [2.75, 3.05) is 33.7 Å². The number of rotatable bonds is 5. The van der Waals surface area contributed by atoms with E-state index in [0.29, 0.717) is 11.2 Å². The van der Waals surface area contributed by atoms with Gasteiger partial charge in [-0.1, -0.05) is 60.7 Å². The van der Waals surface area contributed by atoms with E-state index in [1.165, 1.54) is 11.1 Å². The molecule has 1 heterocycles. The molecular formula is C19H25N2P. The van der Waals surface area contributed by atoms with Crippen LogP contribution in [-0.2, 0) is 0 Å². The molecule has 0 bridgehead atoms. The molecule has 0 N–H and O–H groups in total. The van der Waals surface area contributed by atoms with Crippen LogP contribution in [0.25, 0.3) is 0 Å². The van der Waals surface area contributed by atoms with Gasteiger partial charge in [-0.05, 0) is 25.2 Å². The van der Waals surface area contributed by atoms with Crippen LogP contribution in [0.3, 0.4) is 0 Å². The van der Waals surface area contributed by atoms with Crippen LogP contribution in [0, 0.1) is 0 Å². The largest absolute Gasteiger partial charge is 0.308 e. The Morgan fingerprint density at radius 2 is 1.41 bits per heavy atom. The molecule has 1 aliphatic heterocycles. The summed E-state index contributed by atoms with van der Waals surface area (Å²) in [5.41, 5.74) is 2.76. The highest BCUT2D eigenvalue weighted by Gasteiger charge is 2.43. The molecule has 3 rings (SSSR count). The molecule has 1 aliphatic rings. The van der Waals surface area contributed by atoms with Gasteiger partial charge in [-0.15, -0.1) is 9.24 Å². The SMILES string of the molecule is CN(C)CC1(P)CN(C(c2ccccc2)c2ccccc2)C1. The second-order valence-corrected chi connectivity index (χ2v) is 7.95. The van der Waals surface area contributed by atoms with Gasteiger partial charge in [0.2, 0.25) is 0 Å². The fourth-order valence-electron chi connectivity index (χ4n) is 3.56. The smallest absolute Gasteiger partial charge is 0.0602 e. The summed E-state index contributed by atoms with van der Waals surface area (Å²) in [6.07, 6.45) is 0. The minimum absolute atomic E-state index is 0.325. The lowest BCUT2D eigenvalue weighted by atomic mass is 9.89. The predicted octanol–water partition coefficient (Wildman–Crippen LogP) is 3.27. The van der Waals surface area contributed by atoms with Crippen LogP contribution in [0.1, 0.15) is 17.2 Å². The van der Waals surface area contributed by atoms with Crippen LogP contribution in [0.2, 0.25) is 0 Å². The highest BCUT2D eigenvalue weighted by molar-refractivity contribution is 7.19. The summed E-state index contributed by atoms with van der Waals surface area (Å²) < 4.78 is 0. The first kappa shape index (κ1) is 15.7. The van der Waals surface area contributed by atoms with E-state index in [1.807, 2.05) is 0 Å². The number of hydrogen-bond acceptors (Lipinski definition) is 2. The van der Waals surface area contributed by atoms with Gasteiger partial charge < -0.3 is 4.90 Å². The molecule has 0 amide bonds. The average Bonchev–Trinajstić information content (AvgIpc) is 2.47. The molecule has 0 aliphatic carbocycles. The minimum Gasteiger partial charge on any atom is -0.308 e. The van der Waals surface area contributed by atoms with Gasteiger partial charge in [0.15, 0.2) is 0 Å². The zero-order valence-electron chi connectivity index (χ0n) is 13.4. The number of benzene rings is 2. The van der Waals surface area contributed by atoms with Gasteiger partial charge in [0, 0.05) is 24.8 Å². The van der Waals surface area contributed by atoms with Crippen molar-refractivity contribution < 1.29 is 0 Å². The lowest BCUT2D eigenvalue weighted by Crippen LogP contribution is -2.62. The Morgan fingerprint density at radius 1 is 0.955 bits per heavy atom. The van der Waals surface area contributed by atoms with Crippen LogP contribution < -0.4 is 0 Å². The van der Waals surface area contributed by atoms with E-state index in [4.69, 9.17) is 0 Å². The molecule has 0 radical (unpaired) electrons. The third-order valence-electron chi connectivity index (χ3n) is 4.26. The van der Waals surface area contributed by atoms with Crippen molar-refractivity contribution >= 4 is 9.24 Å². The van der Waals surface area contributed by atoms with E-state index >= 15 is 0 Å². The van der Waals surface area contributed by atoms with Crippen molar-refractivity contribution in [3.8, 4) is 0 Å². The molecule has 1 unspecified atom stereocenters. The summed E-state index contributed by atoms with van der Waals surface area (Å²) >= 11 is 0. The monoisotopic (exact) mass is 312 g/mol. The lowest BCUT2D eigenvalue weighted by molar-refractivity contribution is 0.0757. The Morgan fingerprint density at radius 3 is 1.82 bits per heavy atom. The molecule has 1 saturated heterocycles. The number of nitrogens with zero attached hydrogens (tertiary/aromatic N) is 2. The van der Waals surface area contributed by atoms with Crippen LogP contribution >= 0.6 is 9.24 Å². The van der Waals surface area contributed by atoms with Gasteiger partial charge in [-0.3, -0.25) is 4.90 Å². The van der Waals surface area contributed by atoms with E-state index < -0.39 is 0 Å². The second kappa shape index (κ2) is 6.50. The molecule has 3 heteroatoms. The highest BCUT2D eigenvalue weighted by atomic mass is 31.0. The molecule has 116 valence electrons. The quantitative estimate of drug-likeness (QED) is 0.782. The Hall–Kier alpha value is -1.21. The third kappa shape index (κ3) is 3.41. The summed E-state index contributed by atoms with van der Waals surface area (Å²) in [7, 11) is 7.39. The van der Waals surface area contributed by atoms with Crippen molar-refractivity contribution in [1.82, 2.24) is 9.80 Å². The maximum Gasteiger partial charge on any atom is 0.0602 e. The van der Waals surface area contributed by atoms with Crippen molar-refractivity contribution in [1.29, 1.82) is 0 Å². The molecule has 2 nitrogen and oxygen atoms in total. The molecule has 1 atom stereocenters. The normalized spacial score (nSPS) is 17.7. The minimum atomic E-state index is 0.325. The van der Waals surface area contributed by atoms with E-state index in [0.717, 1.165) is 19.6 Å². The summed E-state index contributed by atoms with van der Waals surface area (Å²) in [5, 5.41) is 0.325. The Kier molecular flexibility index (Phi) is 4.63. The lowest BCUT2D eigenvalue weighted by Gasteiger charge is -2.52. The number of hydrogen-bond donors (Lipinski definition) is 0. The van der Waals surface area contributed by atoms with Crippen molar-refractivity contribution in [2.45, 2.75) is 11.2 Å². The first-order valence-electron chi connectivity index (χ1n) is 7.85. The maximum atomic E-state index is 3.08. The van der Waals surface area contributed by atoms with Crippen molar-refractivity contribution in [3.63, 3.8) is 0 Å². The van der Waals surface area contributed by atoms with Gasteiger partial charge >= 0.3 is 0 Å². The third-order valence-corrected chi connectivity index (χ3v) is 4.81. The predicted molar refractivity (Wildman–Crippen MR) is 97.3 cm³/mol. The zero-order valence-corrected chi connectivity index (χ0v) is 14.6. The maximum absolute atomic E-state index is 3.08. The van der Waals surface area contributed by atoms with Gasteiger partial charge in [-0.25, -0.2) is 0 Å². The first-order valence-corrected chi connectivity index (χ1v) is 8.43. The summed E-state index contributed by atoms with van der Waals surface area (Å²) in [5.74, 6) is 0. The highest BCUT2D eigenvalue weighted by Crippen LogP contribution is 2.40. The van der Waals surface area contributed by atoms with Gasteiger partial charge in [0.1, 0.15) is 0 Å². The van der Waals surface area contributed by atoms with Crippen molar-refractivity contribution in [3.05, 3.63) is 71.8 Å². The molecular weight excluding hydrogens is 287 g/mol. The average molecular weight is 312 g/mol. The molecule has 22 heavy (non-hydrogen) atoms. The molecule has 1 fully saturated rings. The second-order valence-electron chi connectivity index (χ2n) is 6.73. The fraction of sp³-hybridized carbons (Fsp3) is 0.368.